The van der Waals surface area contributed by atoms with E-state index in [2.05, 4.69) is 15.2 Å². The predicted molar refractivity (Wildman–Crippen MR) is 85.0 cm³/mol. The van der Waals surface area contributed by atoms with E-state index in [1.54, 1.807) is 0 Å². The Bertz CT molecular complexity index is 628. The molecule has 4 aliphatic rings. The summed E-state index contributed by atoms with van der Waals surface area (Å²) in [6.07, 6.45) is 6.07. The zero-order valence-corrected chi connectivity index (χ0v) is 12.9. The third-order valence-electron chi connectivity index (χ3n) is 4.83. The summed E-state index contributed by atoms with van der Waals surface area (Å²) < 4.78 is 5.50. The average molecular weight is 321 g/mol. The number of piperidine rings is 3. The Kier molecular flexibility index (Phi) is 3.50. The van der Waals surface area contributed by atoms with Gasteiger partial charge in [-0.1, -0.05) is 17.7 Å². The normalized spacial score (nSPS) is 28.9. The number of anilines is 1. The zero-order valence-electron chi connectivity index (χ0n) is 12.1. The second-order valence-electron chi connectivity index (χ2n) is 6.03. The Labute approximate surface area is 133 Å². The topological polar surface area (TPSA) is 58.0 Å². The molecule has 0 amide bonds. The van der Waals surface area contributed by atoms with Crippen molar-refractivity contribution in [2.75, 3.05) is 31.3 Å². The second-order valence-corrected chi connectivity index (χ2v) is 6.39. The highest BCUT2D eigenvalue weighted by Crippen LogP contribution is 2.37. The van der Waals surface area contributed by atoms with Crippen LogP contribution in [0.25, 0.3) is 6.08 Å². The maximum atomic E-state index is 11.5. The fraction of sp³-hybridized carbons (Fsp3) is 0.533. The Morgan fingerprint density at radius 1 is 1.41 bits per heavy atom. The molecule has 0 radical (unpaired) electrons. The van der Waals surface area contributed by atoms with Gasteiger partial charge in [-0.25, -0.2) is 9.99 Å². The number of rotatable bonds is 3. The third-order valence-corrected chi connectivity index (χ3v) is 5.08. The van der Waals surface area contributed by atoms with E-state index in [4.69, 9.17) is 16.3 Å². The molecule has 5 heterocycles. The fourth-order valence-electron chi connectivity index (χ4n) is 3.68. The molecular weight excluding hydrogens is 304 g/mol. The minimum absolute atomic E-state index is 0.0788. The Hall–Kier alpha value is -1.66. The van der Waals surface area contributed by atoms with Crippen LogP contribution in [0.5, 0.6) is 5.75 Å². The van der Waals surface area contributed by atoms with Crippen LogP contribution in [0, 0.1) is 10.8 Å². The van der Waals surface area contributed by atoms with Crippen molar-refractivity contribution in [3.05, 3.63) is 27.8 Å². The van der Waals surface area contributed by atoms with Gasteiger partial charge < -0.3 is 9.64 Å². The van der Waals surface area contributed by atoms with Crippen LogP contribution in [-0.4, -0.2) is 42.2 Å². The summed E-state index contributed by atoms with van der Waals surface area (Å²) in [6, 6.07) is 1.91. The van der Waals surface area contributed by atoms with Gasteiger partial charge in [-0.2, -0.15) is 0 Å². The number of hydrogen-bond acceptors (Lipinski definition) is 5. The highest BCUT2D eigenvalue weighted by atomic mass is 35.5. The monoisotopic (exact) mass is 320 g/mol. The lowest BCUT2D eigenvalue weighted by Crippen LogP contribution is -2.56. The quantitative estimate of drug-likeness (QED) is 0.487. The molecule has 0 spiro atoms. The molecule has 0 aromatic carbocycles. The standard InChI is InChI=1S/C15H17ClN4O2/c16-15-14-11(2-1-7-22-14)8-13(17-15)20(18-21)12-9-19-5-3-10(12)4-6-19/h1-2,8,10,12H,3-7,9H2. The highest BCUT2D eigenvalue weighted by Gasteiger charge is 2.39. The summed E-state index contributed by atoms with van der Waals surface area (Å²) in [6.45, 7) is 3.58. The van der Waals surface area contributed by atoms with Crippen molar-refractivity contribution in [2.45, 2.75) is 18.9 Å². The van der Waals surface area contributed by atoms with E-state index in [0.29, 0.717) is 24.1 Å². The molecule has 6 nitrogen and oxygen atoms in total. The Morgan fingerprint density at radius 3 is 2.91 bits per heavy atom. The van der Waals surface area contributed by atoms with Crippen LogP contribution in [-0.2, 0) is 0 Å². The molecule has 1 unspecified atom stereocenters. The first-order valence-corrected chi connectivity index (χ1v) is 7.99. The third kappa shape index (κ3) is 2.27. The van der Waals surface area contributed by atoms with Gasteiger partial charge in [0.2, 0.25) is 0 Å². The largest absolute Gasteiger partial charge is 0.486 e. The lowest BCUT2D eigenvalue weighted by molar-refractivity contribution is 0.0850. The SMILES string of the molecule is O=NN(c1cc2c(c(Cl)n1)OCC=C2)C1CN2CCC1CC2. The van der Waals surface area contributed by atoms with Crippen molar-refractivity contribution in [1.82, 2.24) is 9.88 Å². The molecule has 5 rings (SSSR count). The number of aromatic nitrogens is 1. The average Bonchev–Trinajstić information content (AvgIpc) is 2.57. The first kappa shape index (κ1) is 14.0. The van der Waals surface area contributed by atoms with Crippen molar-refractivity contribution in [2.24, 2.45) is 11.2 Å². The van der Waals surface area contributed by atoms with Crippen LogP contribution in [0.2, 0.25) is 5.15 Å². The van der Waals surface area contributed by atoms with E-state index in [1.807, 2.05) is 18.2 Å². The fourth-order valence-corrected chi connectivity index (χ4v) is 3.93. The first-order valence-electron chi connectivity index (χ1n) is 7.61. The summed E-state index contributed by atoms with van der Waals surface area (Å²) >= 11 is 6.22. The van der Waals surface area contributed by atoms with E-state index in [9.17, 15) is 4.91 Å². The molecule has 116 valence electrons. The summed E-state index contributed by atoms with van der Waals surface area (Å²) in [5.41, 5.74) is 0.844. The van der Waals surface area contributed by atoms with Gasteiger partial charge in [0.25, 0.3) is 0 Å². The maximum absolute atomic E-state index is 11.5. The number of nitrogens with zero attached hydrogens (tertiary/aromatic N) is 4. The molecule has 22 heavy (non-hydrogen) atoms. The molecule has 1 aromatic rings. The van der Waals surface area contributed by atoms with Crippen LogP contribution < -0.4 is 9.75 Å². The van der Waals surface area contributed by atoms with E-state index in [-0.39, 0.29) is 11.2 Å². The molecule has 0 aliphatic carbocycles. The van der Waals surface area contributed by atoms with Crippen molar-refractivity contribution in [1.29, 1.82) is 0 Å². The molecule has 4 aliphatic heterocycles. The number of fused-ring (bicyclic) bond motifs is 4. The van der Waals surface area contributed by atoms with E-state index in [0.717, 1.165) is 38.0 Å². The van der Waals surface area contributed by atoms with Crippen LogP contribution >= 0.6 is 11.6 Å². The lowest BCUT2D eigenvalue weighted by atomic mass is 9.83. The molecule has 1 atom stereocenters. The smallest absolute Gasteiger partial charge is 0.174 e. The van der Waals surface area contributed by atoms with Gasteiger partial charge in [0.1, 0.15) is 6.61 Å². The maximum Gasteiger partial charge on any atom is 0.174 e. The Balaban J connectivity index is 1.69. The summed E-state index contributed by atoms with van der Waals surface area (Å²) in [7, 11) is 0. The summed E-state index contributed by atoms with van der Waals surface area (Å²) in [4.78, 5) is 18.2. The molecule has 7 heteroatoms. The highest BCUT2D eigenvalue weighted by molar-refractivity contribution is 6.31. The van der Waals surface area contributed by atoms with Gasteiger partial charge in [-0.3, -0.25) is 0 Å². The number of hydrogen-bond donors (Lipinski definition) is 0. The van der Waals surface area contributed by atoms with Gasteiger partial charge in [-0.05, 0) is 44.0 Å². The zero-order chi connectivity index (χ0) is 15.1. The van der Waals surface area contributed by atoms with Gasteiger partial charge in [0.05, 0.1) is 11.3 Å². The van der Waals surface area contributed by atoms with E-state index >= 15 is 0 Å². The molecule has 2 bridgehead atoms. The van der Waals surface area contributed by atoms with Crippen LogP contribution in [0.4, 0.5) is 5.82 Å². The van der Waals surface area contributed by atoms with Gasteiger partial charge in [0.15, 0.2) is 16.7 Å². The number of nitroso groups, excluding NO2 is 1. The van der Waals surface area contributed by atoms with E-state index in [1.165, 1.54) is 5.01 Å². The second kappa shape index (κ2) is 5.52. The van der Waals surface area contributed by atoms with E-state index < -0.39 is 0 Å². The molecule has 0 saturated carbocycles. The van der Waals surface area contributed by atoms with Crippen molar-refractivity contribution >= 4 is 23.5 Å². The Morgan fingerprint density at radius 2 is 2.23 bits per heavy atom. The molecule has 1 aromatic heterocycles. The molecule has 3 saturated heterocycles. The van der Waals surface area contributed by atoms with Crippen molar-refractivity contribution in [3.63, 3.8) is 0 Å². The number of ether oxygens (including phenoxy) is 1. The lowest BCUT2D eigenvalue weighted by Gasteiger charge is -2.46. The molecule has 0 N–H and O–H groups in total. The van der Waals surface area contributed by atoms with Crippen LogP contribution in [0.3, 0.4) is 0 Å². The minimum atomic E-state index is 0.0788. The number of halogens is 1. The molecule has 3 fully saturated rings. The number of pyridine rings is 1. The first-order chi connectivity index (χ1) is 10.8. The molecular formula is C15H17ClN4O2. The van der Waals surface area contributed by atoms with Gasteiger partial charge in [-0.15, -0.1) is 4.91 Å². The van der Waals surface area contributed by atoms with Crippen LogP contribution in [0.15, 0.2) is 17.4 Å². The summed E-state index contributed by atoms with van der Waals surface area (Å²) in [5.74, 6) is 1.58. The van der Waals surface area contributed by atoms with Crippen molar-refractivity contribution in [3.8, 4) is 5.75 Å². The predicted octanol–water partition coefficient (Wildman–Crippen LogP) is 2.72. The minimum Gasteiger partial charge on any atom is -0.486 e. The summed E-state index contributed by atoms with van der Waals surface area (Å²) in [5, 5.41) is 5.05. The van der Waals surface area contributed by atoms with Crippen LogP contribution in [0.1, 0.15) is 18.4 Å². The van der Waals surface area contributed by atoms with Gasteiger partial charge in [0, 0.05) is 12.1 Å². The van der Waals surface area contributed by atoms with Crippen molar-refractivity contribution < 1.29 is 4.74 Å². The van der Waals surface area contributed by atoms with Gasteiger partial charge >= 0.3 is 0 Å².